The van der Waals surface area contributed by atoms with Crippen LogP contribution in [0.25, 0.3) is 0 Å². The van der Waals surface area contributed by atoms with Crippen LogP contribution in [0.3, 0.4) is 0 Å². The molecule has 0 saturated heterocycles. The molecule has 1 heterocycles. The van der Waals surface area contributed by atoms with Gasteiger partial charge in [-0.25, -0.2) is 9.78 Å². The fraction of sp³-hybridized carbons (Fsp3) is 0.200. The lowest BCUT2D eigenvalue weighted by atomic mass is 10.1. The summed E-state index contributed by atoms with van der Waals surface area (Å²) in [5.74, 6) is 0.526. The number of para-hydroxylation sites is 1. The zero-order chi connectivity index (χ0) is 18.4. The summed E-state index contributed by atoms with van der Waals surface area (Å²) in [6.45, 7) is 0.754. The number of carbonyl (C=O) groups is 1. The van der Waals surface area contributed by atoms with Crippen molar-refractivity contribution < 1.29 is 14.3 Å². The van der Waals surface area contributed by atoms with Crippen LogP contribution in [0.5, 0.6) is 5.75 Å². The van der Waals surface area contributed by atoms with Gasteiger partial charge in [0.1, 0.15) is 5.75 Å². The highest BCUT2D eigenvalue weighted by molar-refractivity contribution is 7.99. The maximum atomic E-state index is 11.6. The summed E-state index contributed by atoms with van der Waals surface area (Å²) in [7, 11) is 3.07. The van der Waals surface area contributed by atoms with Gasteiger partial charge >= 0.3 is 5.97 Å². The molecular formula is C20H20N2O3S. The zero-order valence-corrected chi connectivity index (χ0v) is 15.5. The number of imidazole rings is 1. The largest absolute Gasteiger partial charge is 0.496 e. The maximum Gasteiger partial charge on any atom is 0.337 e. The number of nitrogens with zero attached hydrogens (tertiary/aromatic N) is 2. The van der Waals surface area contributed by atoms with Gasteiger partial charge in [-0.2, -0.15) is 0 Å². The number of carbonyl (C=O) groups excluding carboxylic acids is 1. The average Bonchev–Trinajstić information content (AvgIpc) is 3.20. The molecule has 1 atom stereocenters. The number of rotatable bonds is 7. The number of hydrogen-bond donors (Lipinski definition) is 0. The molecule has 0 saturated carbocycles. The van der Waals surface area contributed by atoms with E-state index < -0.39 is 0 Å². The number of esters is 1. The molecule has 0 bridgehead atoms. The molecule has 1 aromatic heterocycles. The normalized spacial score (nSPS) is 11.8. The molecule has 2 aromatic carbocycles. The second kappa shape index (κ2) is 8.58. The van der Waals surface area contributed by atoms with Crippen LogP contribution in [0.1, 0.15) is 21.2 Å². The highest BCUT2D eigenvalue weighted by atomic mass is 32.2. The van der Waals surface area contributed by atoms with E-state index in [-0.39, 0.29) is 11.2 Å². The van der Waals surface area contributed by atoms with E-state index in [9.17, 15) is 4.79 Å². The van der Waals surface area contributed by atoms with Crippen LogP contribution in [0.15, 0.2) is 72.1 Å². The lowest BCUT2D eigenvalue weighted by Gasteiger charge is -2.20. The van der Waals surface area contributed by atoms with Gasteiger partial charge in [0.2, 0.25) is 0 Å². The van der Waals surface area contributed by atoms with Crippen molar-refractivity contribution in [1.29, 1.82) is 0 Å². The number of benzene rings is 2. The minimum absolute atomic E-state index is 0.129. The molecule has 0 aliphatic rings. The second-order valence-electron chi connectivity index (χ2n) is 5.62. The molecule has 0 N–H and O–H groups in total. The first-order valence-electron chi connectivity index (χ1n) is 8.15. The van der Waals surface area contributed by atoms with E-state index in [0.29, 0.717) is 5.56 Å². The summed E-state index contributed by atoms with van der Waals surface area (Å²) in [5, 5.41) is 0.129. The SMILES string of the molecule is COC(=O)c1ccc(SC(Cn2ccnc2)c2ccccc2OC)cc1. The summed E-state index contributed by atoms with van der Waals surface area (Å²) in [6.07, 6.45) is 5.53. The summed E-state index contributed by atoms with van der Waals surface area (Å²) in [6, 6.07) is 15.5. The highest BCUT2D eigenvalue weighted by Crippen LogP contribution is 2.40. The van der Waals surface area contributed by atoms with Gasteiger partial charge in [0, 0.05) is 29.4 Å². The molecule has 1 unspecified atom stereocenters. The summed E-state index contributed by atoms with van der Waals surface area (Å²) in [4.78, 5) is 16.8. The molecule has 3 rings (SSSR count). The first-order valence-corrected chi connectivity index (χ1v) is 9.03. The maximum absolute atomic E-state index is 11.6. The molecular weight excluding hydrogens is 348 g/mol. The molecule has 0 aliphatic carbocycles. The highest BCUT2D eigenvalue weighted by Gasteiger charge is 2.18. The van der Waals surface area contributed by atoms with Crippen LogP contribution in [-0.4, -0.2) is 29.7 Å². The van der Waals surface area contributed by atoms with E-state index >= 15 is 0 Å². The molecule has 6 heteroatoms. The summed E-state index contributed by atoms with van der Waals surface area (Å²) < 4.78 is 12.4. The predicted molar refractivity (Wildman–Crippen MR) is 102 cm³/mol. The third-order valence-corrected chi connectivity index (χ3v) is 5.21. The van der Waals surface area contributed by atoms with Crippen molar-refractivity contribution in [3.63, 3.8) is 0 Å². The average molecular weight is 368 g/mol. The summed E-state index contributed by atoms with van der Waals surface area (Å²) in [5.41, 5.74) is 1.66. The van der Waals surface area contributed by atoms with Crippen LogP contribution in [0, 0.1) is 0 Å². The lowest BCUT2D eigenvalue weighted by Crippen LogP contribution is -2.06. The number of thioether (sulfide) groups is 1. The van der Waals surface area contributed by atoms with E-state index in [1.54, 1.807) is 37.2 Å². The van der Waals surface area contributed by atoms with Gasteiger partial charge in [-0.15, -0.1) is 11.8 Å². The Morgan fingerprint density at radius 1 is 1.15 bits per heavy atom. The third-order valence-electron chi connectivity index (χ3n) is 3.98. The smallest absolute Gasteiger partial charge is 0.337 e. The fourth-order valence-corrected chi connectivity index (χ4v) is 3.86. The molecule has 3 aromatic rings. The van der Waals surface area contributed by atoms with Crippen LogP contribution < -0.4 is 4.74 Å². The number of aromatic nitrogens is 2. The van der Waals surface area contributed by atoms with E-state index in [1.165, 1.54) is 7.11 Å². The van der Waals surface area contributed by atoms with Gasteiger partial charge in [-0.05, 0) is 30.3 Å². The van der Waals surface area contributed by atoms with Crippen LogP contribution in [0.4, 0.5) is 0 Å². The van der Waals surface area contributed by atoms with Gasteiger partial charge < -0.3 is 14.0 Å². The minimum atomic E-state index is -0.332. The third kappa shape index (κ3) is 4.26. The molecule has 0 radical (unpaired) electrons. The van der Waals surface area contributed by atoms with Crippen LogP contribution in [-0.2, 0) is 11.3 Å². The quantitative estimate of drug-likeness (QED) is 0.462. The Kier molecular flexibility index (Phi) is 5.96. The number of hydrogen-bond acceptors (Lipinski definition) is 5. The van der Waals surface area contributed by atoms with Crippen LogP contribution in [0.2, 0.25) is 0 Å². The molecule has 0 aliphatic heterocycles. The predicted octanol–water partition coefficient (Wildman–Crippen LogP) is 4.21. The van der Waals surface area contributed by atoms with Gasteiger partial charge in [0.25, 0.3) is 0 Å². The standard InChI is InChI=1S/C20H20N2O3S/c1-24-18-6-4-3-5-17(18)19(13-22-12-11-21-14-22)26-16-9-7-15(8-10-16)20(23)25-2/h3-12,14,19H,13H2,1-2H3. The summed E-state index contributed by atoms with van der Waals surface area (Å²) >= 11 is 1.72. The first-order chi connectivity index (χ1) is 12.7. The Hall–Kier alpha value is -2.73. The van der Waals surface area contributed by atoms with Gasteiger partial charge in [0.05, 0.1) is 31.4 Å². The van der Waals surface area contributed by atoms with Crippen molar-refractivity contribution in [1.82, 2.24) is 9.55 Å². The number of methoxy groups -OCH3 is 2. The van der Waals surface area contributed by atoms with E-state index in [4.69, 9.17) is 9.47 Å². The molecule has 0 fully saturated rings. The van der Waals surface area contributed by atoms with Crippen LogP contribution >= 0.6 is 11.8 Å². The van der Waals surface area contributed by atoms with Gasteiger partial charge in [0.15, 0.2) is 0 Å². The topological polar surface area (TPSA) is 53.4 Å². The van der Waals surface area contributed by atoms with E-state index in [2.05, 4.69) is 11.1 Å². The Bertz CT molecular complexity index is 848. The van der Waals surface area contributed by atoms with Crippen molar-refractivity contribution in [2.75, 3.05) is 14.2 Å². The Labute approximate surface area is 157 Å². The molecule has 0 spiro atoms. The molecule has 26 heavy (non-hydrogen) atoms. The molecule has 134 valence electrons. The van der Waals surface area contributed by atoms with Crippen molar-refractivity contribution in [3.05, 3.63) is 78.4 Å². The zero-order valence-electron chi connectivity index (χ0n) is 14.7. The minimum Gasteiger partial charge on any atom is -0.496 e. The van der Waals surface area contributed by atoms with Crippen molar-refractivity contribution in [2.24, 2.45) is 0 Å². The monoisotopic (exact) mass is 368 g/mol. The van der Waals surface area contributed by atoms with Crippen molar-refractivity contribution >= 4 is 17.7 Å². The first kappa shape index (κ1) is 18.1. The molecule has 0 amide bonds. The number of ether oxygens (including phenoxy) is 2. The lowest BCUT2D eigenvalue weighted by molar-refractivity contribution is 0.0600. The van der Waals surface area contributed by atoms with E-state index in [1.807, 2.05) is 47.4 Å². The fourth-order valence-electron chi connectivity index (χ4n) is 2.67. The Balaban J connectivity index is 1.87. The van der Waals surface area contributed by atoms with Crippen molar-refractivity contribution in [2.45, 2.75) is 16.7 Å². The second-order valence-corrected chi connectivity index (χ2v) is 6.90. The molecule has 5 nitrogen and oxygen atoms in total. The Morgan fingerprint density at radius 3 is 2.58 bits per heavy atom. The van der Waals surface area contributed by atoms with E-state index in [0.717, 1.165) is 22.8 Å². The Morgan fingerprint density at radius 2 is 1.92 bits per heavy atom. The van der Waals surface area contributed by atoms with Gasteiger partial charge in [-0.1, -0.05) is 18.2 Å². The van der Waals surface area contributed by atoms with Gasteiger partial charge in [-0.3, -0.25) is 0 Å². The van der Waals surface area contributed by atoms with Crippen molar-refractivity contribution in [3.8, 4) is 5.75 Å².